The summed E-state index contributed by atoms with van der Waals surface area (Å²) < 4.78 is 15.1. The molecule has 0 aliphatic rings. The number of amides is 1. The van der Waals surface area contributed by atoms with E-state index in [9.17, 15) is 9.18 Å². The number of thiophene rings is 1. The highest BCUT2D eigenvalue weighted by Gasteiger charge is 2.20. The Balaban J connectivity index is 1.73. The van der Waals surface area contributed by atoms with Crippen molar-refractivity contribution < 1.29 is 9.18 Å². The first kappa shape index (κ1) is 17.5. The lowest BCUT2D eigenvalue weighted by Crippen LogP contribution is -2.14. The van der Waals surface area contributed by atoms with Crippen LogP contribution in [0.3, 0.4) is 0 Å². The summed E-state index contributed by atoms with van der Waals surface area (Å²) in [6.45, 7) is 3.82. The minimum atomic E-state index is -0.461. The minimum absolute atomic E-state index is 0.00633. The largest absolute Gasteiger partial charge is 0.297 e. The zero-order valence-electron chi connectivity index (χ0n) is 14.4. The summed E-state index contributed by atoms with van der Waals surface area (Å²) in [5.74, 6) is -0.378. The van der Waals surface area contributed by atoms with Gasteiger partial charge >= 0.3 is 0 Å². The van der Waals surface area contributed by atoms with E-state index in [0.717, 1.165) is 15.4 Å². The van der Waals surface area contributed by atoms with Crippen molar-refractivity contribution in [2.45, 2.75) is 13.8 Å². The van der Waals surface area contributed by atoms with Gasteiger partial charge in [-0.25, -0.2) is 19.0 Å². The van der Waals surface area contributed by atoms with E-state index >= 15 is 0 Å². The molecular formula is C18H14FN5OS2. The second-order valence-corrected chi connectivity index (χ2v) is 7.89. The molecule has 0 atom stereocenters. The monoisotopic (exact) mass is 399 g/mol. The van der Waals surface area contributed by atoms with Crippen LogP contribution in [0.25, 0.3) is 16.4 Å². The second-order valence-electron chi connectivity index (χ2n) is 5.74. The van der Waals surface area contributed by atoms with Gasteiger partial charge in [0.15, 0.2) is 11.0 Å². The molecular weight excluding hydrogens is 385 g/mol. The number of rotatable bonds is 4. The first-order valence-corrected chi connectivity index (χ1v) is 9.73. The summed E-state index contributed by atoms with van der Waals surface area (Å²) >= 11 is 2.86. The summed E-state index contributed by atoms with van der Waals surface area (Å²) in [6, 6.07) is 9.76. The molecule has 4 aromatic rings. The molecule has 9 heteroatoms. The van der Waals surface area contributed by atoms with Gasteiger partial charge in [-0.2, -0.15) is 0 Å². The normalized spacial score (nSPS) is 10.9. The molecule has 3 aromatic heterocycles. The van der Waals surface area contributed by atoms with Crippen LogP contribution in [0.4, 0.5) is 9.52 Å². The predicted molar refractivity (Wildman–Crippen MR) is 104 cm³/mol. The van der Waals surface area contributed by atoms with Crippen LogP contribution in [0.5, 0.6) is 0 Å². The van der Waals surface area contributed by atoms with Gasteiger partial charge in [0.2, 0.25) is 5.82 Å². The third kappa shape index (κ3) is 3.51. The Morgan fingerprint density at radius 1 is 1.19 bits per heavy atom. The highest BCUT2D eigenvalue weighted by molar-refractivity contribution is 7.15. The first-order valence-electron chi connectivity index (χ1n) is 8.03. The molecule has 136 valence electrons. The highest BCUT2D eigenvalue weighted by Crippen LogP contribution is 2.26. The van der Waals surface area contributed by atoms with Gasteiger partial charge in [-0.15, -0.1) is 27.8 Å². The summed E-state index contributed by atoms with van der Waals surface area (Å²) in [5, 5.41) is 9.44. The fourth-order valence-corrected chi connectivity index (χ4v) is 3.95. The molecule has 0 aliphatic heterocycles. The van der Waals surface area contributed by atoms with Crippen LogP contribution in [0.15, 0.2) is 41.8 Å². The van der Waals surface area contributed by atoms with Gasteiger partial charge in [-0.3, -0.25) is 10.1 Å². The van der Waals surface area contributed by atoms with E-state index in [4.69, 9.17) is 0 Å². The summed E-state index contributed by atoms with van der Waals surface area (Å²) in [5.41, 5.74) is 1.36. The number of nitrogens with zero attached hydrogens (tertiary/aromatic N) is 4. The SMILES string of the molecule is Cc1nc(NC(=O)c2nc(-c3cccs3)n(-c3cccc(F)c3)n2)sc1C. The molecule has 1 N–H and O–H groups in total. The van der Waals surface area contributed by atoms with Gasteiger partial charge in [0.25, 0.3) is 5.91 Å². The Hall–Kier alpha value is -2.91. The van der Waals surface area contributed by atoms with Crippen LogP contribution in [0.1, 0.15) is 21.2 Å². The van der Waals surface area contributed by atoms with Crippen molar-refractivity contribution in [2.24, 2.45) is 0 Å². The standard InChI is InChI=1S/C18H14FN5OS2/c1-10-11(2)27-18(20-10)22-17(25)15-21-16(14-7-4-8-26-14)24(23-15)13-6-3-5-12(19)9-13/h3-9H,1-2H3,(H,20,22,25). The summed E-state index contributed by atoms with van der Waals surface area (Å²) in [7, 11) is 0. The average Bonchev–Trinajstić information content (AvgIpc) is 3.35. The van der Waals surface area contributed by atoms with Crippen molar-refractivity contribution in [3.8, 4) is 16.4 Å². The van der Waals surface area contributed by atoms with Crippen LogP contribution in [0.2, 0.25) is 0 Å². The van der Waals surface area contributed by atoms with Gasteiger partial charge in [0.05, 0.1) is 16.3 Å². The zero-order valence-corrected chi connectivity index (χ0v) is 16.1. The molecule has 0 unspecified atom stereocenters. The van der Waals surface area contributed by atoms with Crippen molar-refractivity contribution in [1.29, 1.82) is 0 Å². The fraction of sp³-hybridized carbons (Fsp3) is 0.111. The van der Waals surface area contributed by atoms with Crippen LogP contribution in [-0.2, 0) is 0 Å². The molecule has 1 aromatic carbocycles. The molecule has 0 bridgehead atoms. The van der Waals surface area contributed by atoms with E-state index in [1.807, 2.05) is 31.4 Å². The number of aryl methyl sites for hydroxylation is 2. The Labute approximate surface area is 162 Å². The Kier molecular flexibility index (Phi) is 4.54. The Bertz CT molecular complexity index is 1100. The molecule has 0 saturated heterocycles. The van der Waals surface area contributed by atoms with Crippen LogP contribution < -0.4 is 5.32 Å². The number of benzene rings is 1. The molecule has 3 heterocycles. The number of carbonyl (C=O) groups is 1. The van der Waals surface area contributed by atoms with E-state index < -0.39 is 5.91 Å². The van der Waals surface area contributed by atoms with E-state index in [0.29, 0.717) is 16.6 Å². The number of nitrogens with one attached hydrogen (secondary N) is 1. The topological polar surface area (TPSA) is 72.7 Å². The lowest BCUT2D eigenvalue weighted by atomic mass is 10.3. The third-order valence-corrected chi connectivity index (χ3v) is 5.71. The van der Waals surface area contributed by atoms with Crippen LogP contribution in [-0.4, -0.2) is 25.7 Å². The van der Waals surface area contributed by atoms with Crippen LogP contribution in [0, 0.1) is 19.7 Å². The molecule has 0 spiro atoms. The van der Waals surface area contributed by atoms with Crippen molar-refractivity contribution in [1.82, 2.24) is 19.7 Å². The van der Waals surface area contributed by atoms with Gasteiger partial charge in [0.1, 0.15) is 5.82 Å². The number of hydrogen-bond donors (Lipinski definition) is 1. The predicted octanol–water partition coefficient (Wildman–Crippen LogP) is 4.46. The van der Waals surface area contributed by atoms with Gasteiger partial charge in [-0.05, 0) is 43.5 Å². The summed E-state index contributed by atoms with van der Waals surface area (Å²) in [6.07, 6.45) is 0. The Morgan fingerprint density at radius 2 is 2.04 bits per heavy atom. The van der Waals surface area contributed by atoms with Crippen LogP contribution >= 0.6 is 22.7 Å². The van der Waals surface area contributed by atoms with Gasteiger partial charge < -0.3 is 0 Å². The lowest BCUT2D eigenvalue weighted by molar-refractivity contribution is 0.101. The number of hydrogen-bond acceptors (Lipinski definition) is 6. The number of thiazole rings is 1. The van der Waals surface area contributed by atoms with E-state index in [-0.39, 0.29) is 11.6 Å². The number of carbonyl (C=O) groups excluding carboxylic acids is 1. The highest BCUT2D eigenvalue weighted by atomic mass is 32.1. The van der Waals surface area contributed by atoms with E-state index in [1.54, 1.807) is 12.1 Å². The average molecular weight is 399 g/mol. The molecule has 0 aliphatic carbocycles. The quantitative estimate of drug-likeness (QED) is 0.550. The number of anilines is 1. The second kappa shape index (κ2) is 7.01. The molecule has 27 heavy (non-hydrogen) atoms. The maximum Gasteiger partial charge on any atom is 0.297 e. The van der Waals surface area contributed by atoms with Crippen molar-refractivity contribution in [3.05, 3.63) is 64.0 Å². The van der Waals surface area contributed by atoms with E-state index in [2.05, 4.69) is 20.4 Å². The molecule has 0 radical (unpaired) electrons. The fourth-order valence-electron chi connectivity index (χ4n) is 2.44. The van der Waals surface area contributed by atoms with Crippen molar-refractivity contribution in [2.75, 3.05) is 5.32 Å². The molecule has 0 saturated carbocycles. The van der Waals surface area contributed by atoms with E-state index in [1.165, 1.54) is 39.5 Å². The molecule has 1 amide bonds. The summed E-state index contributed by atoms with van der Waals surface area (Å²) in [4.78, 5) is 23.2. The smallest absolute Gasteiger partial charge is 0.295 e. The maximum atomic E-state index is 13.7. The molecule has 0 fully saturated rings. The third-order valence-electron chi connectivity index (χ3n) is 3.85. The van der Waals surface area contributed by atoms with Gasteiger partial charge in [0, 0.05) is 4.88 Å². The minimum Gasteiger partial charge on any atom is -0.295 e. The van der Waals surface area contributed by atoms with Gasteiger partial charge in [-0.1, -0.05) is 12.1 Å². The number of halogens is 1. The van der Waals surface area contributed by atoms with Crippen molar-refractivity contribution >= 4 is 33.7 Å². The van der Waals surface area contributed by atoms with Crippen molar-refractivity contribution in [3.63, 3.8) is 0 Å². The zero-order chi connectivity index (χ0) is 19.0. The Morgan fingerprint density at radius 3 is 2.70 bits per heavy atom. The molecule has 4 rings (SSSR count). The maximum absolute atomic E-state index is 13.7. The first-order chi connectivity index (χ1) is 13.0. The number of aromatic nitrogens is 4. The lowest BCUT2D eigenvalue weighted by Gasteiger charge is -2.04. The molecule has 6 nitrogen and oxygen atoms in total.